The molecular formula is C11H12ClN3O2S. The lowest BCUT2D eigenvalue weighted by Crippen LogP contribution is -2.09. The first kappa shape index (κ1) is 13.2. The molecule has 0 aliphatic heterocycles. The van der Waals surface area contributed by atoms with Crippen molar-refractivity contribution < 1.29 is 9.32 Å². The van der Waals surface area contributed by atoms with Crippen LogP contribution in [0.15, 0.2) is 35.7 Å². The maximum Gasteiger partial charge on any atom is 0.238 e. The van der Waals surface area contributed by atoms with E-state index in [0.717, 1.165) is 0 Å². The SMILES string of the molecule is C[S@@](=O)c1ncn(C[C@@H](O)c2cccc(Cl)c2)n1. The van der Waals surface area contributed by atoms with Gasteiger partial charge in [0.15, 0.2) is 0 Å². The van der Waals surface area contributed by atoms with E-state index in [1.807, 2.05) is 0 Å². The van der Waals surface area contributed by atoms with Crippen molar-refractivity contribution in [2.45, 2.75) is 17.8 Å². The van der Waals surface area contributed by atoms with E-state index >= 15 is 0 Å². The second-order valence-corrected chi connectivity index (χ2v) is 5.48. The highest BCUT2D eigenvalue weighted by atomic mass is 35.5. The summed E-state index contributed by atoms with van der Waals surface area (Å²) in [7, 11) is -1.22. The predicted molar refractivity (Wildman–Crippen MR) is 68.8 cm³/mol. The van der Waals surface area contributed by atoms with Crippen molar-refractivity contribution in [3.8, 4) is 0 Å². The standard InChI is InChI=1S/C11H12ClN3O2S/c1-18(17)11-13-7-15(14-11)6-10(16)8-3-2-4-9(12)5-8/h2-5,7,10,16H,6H2,1H3/t10-,18-/m1/s1. The number of benzene rings is 1. The topological polar surface area (TPSA) is 68.0 Å². The minimum atomic E-state index is -1.22. The van der Waals surface area contributed by atoms with Gasteiger partial charge in [-0.3, -0.25) is 4.21 Å². The second-order valence-electron chi connectivity index (χ2n) is 3.77. The van der Waals surface area contributed by atoms with E-state index in [-0.39, 0.29) is 11.7 Å². The fourth-order valence-electron chi connectivity index (χ4n) is 1.49. The van der Waals surface area contributed by atoms with Crippen LogP contribution in [0.25, 0.3) is 0 Å². The van der Waals surface area contributed by atoms with E-state index in [1.165, 1.54) is 17.3 Å². The summed E-state index contributed by atoms with van der Waals surface area (Å²) in [5.41, 5.74) is 0.706. The first-order chi connectivity index (χ1) is 8.56. The number of nitrogens with zero attached hydrogens (tertiary/aromatic N) is 3. The molecule has 2 aromatic rings. The van der Waals surface area contributed by atoms with Gasteiger partial charge in [-0.05, 0) is 17.7 Å². The Balaban J connectivity index is 2.11. The van der Waals surface area contributed by atoms with E-state index in [0.29, 0.717) is 10.6 Å². The van der Waals surface area contributed by atoms with Crippen molar-refractivity contribution in [2.24, 2.45) is 0 Å². The molecule has 0 radical (unpaired) electrons. The Morgan fingerprint density at radius 2 is 2.33 bits per heavy atom. The van der Waals surface area contributed by atoms with E-state index in [1.54, 1.807) is 24.3 Å². The zero-order chi connectivity index (χ0) is 13.1. The Morgan fingerprint density at radius 1 is 1.56 bits per heavy atom. The maximum absolute atomic E-state index is 11.2. The molecule has 0 spiro atoms. The molecule has 2 atom stereocenters. The van der Waals surface area contributed by atoms with Gasteiger partial charge < -0.3 is 5.11 Å². The third-order valence-electron chi connectivity index (χ3n) is 2.37. The van der Waals surface area contributed by atoms with Crippen LogP contribution in [0, 0.1) is 0 Å². The summed E-state index contributed by atoms with van der Waals surface area (Å²) >= 11 is 5.85. The highest BCUT2D eigenvalue weighted by Gasteiger charge is 2.11. The molecule has 0 saturated carbocycles. The molecule has 7 heteroatoms. The molecule has 1 aromatic heterocycles. The average Bonchev–Trinajstić information content (AvgIpc) is 2.77. The number of aromatic nitrogens is 3. The summed E-state index contributed by atoms with van der Waals surface area (Å²) in [5.74, 6) is 0. The lowest BCUT2D eigenvalue weighted by atomic mass is 10.1. The van der Waals surface area contributed by atoms with E-state index in [9.17, 15) is 9.32 Å². The quantitative estimate of drug-likeness (QED) is 0.922. The van der Waals surface area contributed by atoms with Crippen LogP contribution in [-0.4, -0.2) is 30.3 Å². The first-order valence-corrected chi connectivity index (χ1v) is 7.16. The molecule has 96 valence electrons. The summed E-state index contributed by atoms with van der Waals surface area (Å²) in [6.45, 7) is 0.241. The number of aliphatic hydroxyl groups is 1. The Kier molecular flexibility index (Phi) is 4.11. The van der Waals surface area contributed by atoms with E-state index < -0.39 is 16.9 Å². The van der Waals surface area contributed by atoms with Crippen molar-refractivity contribution in [1.82, 2.24) is 14.8 Å². The lowest BCUT2D eigenvalue weighted by molar-refractivity contribution is 0.151. The highest BCUT2D eigenvalue weighted by molar-refractivity contribution is 7.84. The number of halogens is 1. The van der Waals surface area contributed by atoms with Crippen molar-refractivity contribution in [2.75, 3.05) is 6.26 Å². The van der Waals surface area contributed by atoms with Gasteiger partial charge in [0, 0.05) is 11.3 Å². The first-order valence-electron chi connectivity index (χ1n) is 5.22. The molecule has 0 amide bonds. The molecule has 0 aliphatic rings. The summed E-state index contributed by atoms with van der Waals surface area (Å²) < 4.78 is 12.6. The van der Waals surface area contributed by atoms with Gasteiger partial charge in [-0.15, -0.1) is 5.10 Å². The van der Waals surface area contributed by atoms with Crippen LogP contribution in [0.5, 0.6) is 0 Å². The van der Waals surface area contributed by atoms with Gasteiger partial charge in [0.05, 0.1) is 23.4 Å². The molecule has 0 aliphatic carbocycles. The monoisotopic (exact) mass is 285 g/mol. The largest absolute Gasteiger partial charge is 0.386 e. The molecule has 1 heterocycles. The van der Waals surface area contributed by atoms with E-state index in [4.69, 9.17) is 11.6 Å². The molecule has 1 N–H and O–H groups in total. The van der Waals surface area contributed by atoms with Crippen LogP contribution in [0.3, 0.4) is 0 Å². The van der Waals surface area contributed by atoms with Gasteiger partial charge >= 0.3 is 0 Å². The number of aliphatic hydroxyl groups excluding tert-OH is 1. The normalized spacial score (nSPS) is 14.4. The minimum Gasteiger partial charge on any atom is -0.386 e. The van der Waals surface area contributed by atoms with Crippen molar-refractivity contribution >= 4 is 22.4 Å². The van der Waals surface area contributed by atoms with Crippen molar-refractivity contribution in [3.63, 3.8) is 0 Å². The van der Waals surface area contributed by atoms with Gasteiger partial charge in [-0.25, -0.2) is 9.67 Å². The third-order valence-corrected chi connectivity index (χ3v) is 3.30. The van der Waals surface area contributed by atoms with Crippen LogP contribution < -0.4 is 0 Å². The van der Waals surface area contributed by atoms with Gasteiger partial charge in [-0.1, -0.05) is 23.7 Å². The lowest BCUT2D eigenvalue weighted by Gasteiger charge is -2.10. The summed E-state index contributed by atoms with van der Waals surface area (Å²) in [6, 6.07) is 6.99. The second kappa shape index (κ2) is 5.60. The molecule has 5 nitrogen and oxygen atoms in total. The maximum atomic E-state index is 11.2. The third kappa shape index (κ3) is 3.16. The molecule has 0 saturated heterocycles. The van der Waals surface area contributed by atoms with Crippen LogP contribution >= 0.6 is 11.6 Å². The molecule has 18 heavy (non-hydrogen) atoms. The molecule has 0 bridgehead atoms. The predicted octanol–water partition coefficient (Wildman–Crippen LogP) is 1.40. The summed E-state index contributed by atoms with van der Waals surface area (Å²) in [5, 5.41) is 14.9. The van der Waals surface area contributed by atoms with Crippen LogP contribution in [-0.2, 0) is 17.3 Å². The Morgan fingerprint density at radius 3 is 2.94 bits per heavy atom. The zero-order valence-corrected chi connectivity index (χ0v) is 11.2. The van der Waals surface area contributed by atoms with Crippen LogP contribution in [0.2, 0.25) is 5.02 Å². The number of hydrogen-bond donors (Lipinski definition) is 1. The van der Waals surface area contributed by atoms with Crippen molar-refractivity contribution in [1.29, 1.82) is 0 Å². The Bertz CT molecular complexity index is 573. The molecule has 0 unspecified atom stereocenters. The average molecular weight is 286 g/mol. The fraction of sp³-hybridized carbons (Fsp3) is 0.273. The molecular weight excluding hydrogens is 274 g/mol. The highest BCUT2D eigenvalue weighted by Crippen LogP contribution is 2.18. The van der Waals surface area contributed by atoms with E-state index in [2.05, 4.69) is 10.1 Å². The number of rotatable bonds is 4. The summed E-state index contributed by atoms with van der Waals surface area (Å²) in [6.07, 6.45) is 2.22. The summed E-state index contributed by atoms with van der Waals surface area (Å²) in [4.78, 5) is 3.89. The Hall–Kier alpha value is -1.24. The van der Waals surface area contributed by atoms with Gasteiger partial charge in [0.1, 0.15) is 6.33 Å². The molecule has 0 fully saturated rings. The van der Waals surface area contributed by atoms with Crippen LogP contribution in [0.4, 0.5) is 0 Å². The van der Waals surface area contributed by atoms with Crippen molar-refractivity contribution in [3.05, 3.63) is 41.2 Å². The minimum absolute atomic E-state index is 0.241. The molecule has 1 aromatic carbocycles. The van der Waals surface area contributed by atoms with Gasteiger partial charge in [0.25, 0.3) is 0 Å². The zero-order valence-electron chi connectivity index (χ0n) is 9.65. The van der Waals surface area contributed by atoms with Gasteiger partial charge in [-0.2, -0.15) is 0 Å². The number of hydrogen-bond acceptors (Lipinski definition) is 4. The van der Waals surface area contributed by atoms with Crippen LogP contribution in [0.1, 0.15) is 11.7 Å². The fourth-order valence-corrected chi connectivity index (χ4v) is 2.11. The Labute approximate surface area is 112 Å². The smallest absolute Gasteiger partial charge is 0.238 e. The molecule has 2 rings (SSSR count). The van der Waals surface area contributed by atoms with Gasteiger partial charge in [0.2, 0.25) is 5.16 Å².